The quantitative estimate of drug-likeness (QED) is 0.841. The third kappa shape index (κ3) is 2.91. The first-order valence-corrected chi connectivity index (χ1v) is 6.64. The molecule has 3 nitrogen and oxygen atoms in total. The van der Waals surface area contributed by atoms with Crippen LogP contribution in [0.4, 0.5) is 0 Å². The predicted octanol–water partition coefficient (Wildman–Crippen LogP) is 2.76. The Balaban J connectivity index is 2.07. The fraction of sp³-hybridized carbons (Fsp3) is 0.533. The number of nitrogens with one attached hydrogen (secondary N) is 1. The van der Waals surface area contributed by atoms with E-state index in [1.165, 1.54) is 11.1 Å². The third-order valence-corrected chi connectivity index (χ3v) is 3.54. The van der Waals surface area contributed by atoms with Gasteiger partial charge in [0.25, 0.3) is 0 Å². The molecule has 0 fully saturated rings. The van der Waals surface area contributed by atoms with Gasteiger partial charge in [0.1, 0.15) is 6.04 Å². The molecule has 1 aliphatic rings. The van der Waals surface area contributed by atoms with Crippen LogP contribution in [0, 0.1) is 5.92 Å². The van der Waals surface area contributed by atoms with E-state index in [4.69, 9.17) is 0 Å². The van der Waals surface area contributed by atoms with E-state index in [9.17, 15) is 9.90 Å². The Labute approximate surface area is 108 Å². The van der Waals surface area contributed by atoms with Gasteiger partial charge in [-0.3, -0.25) is 10.1 Å². The second-order valence-corrected chi connectivity index (χ2v) is 5.48. The van der Waals surface area contributed by atoms with Gasteiger partial charge in [0.2, 0.25) is 0 Å². The molecule has 2 rings (SSSR count). The van der Waals surface area contributed by atoms with Gasteiger partial charge in [0, 0.05) is 6.04 Å². The molecule has 0 aliphatic heterocycles. The average Bonchev–Trinajstić information content (AvgIpc) is 2.71. The zero-order valence-corrected chi connectivity index (χ0v) is 11.0. The van der Waals surface area contributed by atoms with Gasteiger partial charge in [-0.25, -0.2) is 0 Å². The smallest absolute Gasteiger partial charge is 0.320 e. The maximum absolute atomic E-state index is 11.3. The lowest BCUT2D eigenvalue weighted by Crippen LogP contribution is -2.39. The number of hydrogen-bond acceptors (Lipinski definition) is 2. The van der Waals surface area contributed by atoms with E-state index in [2.05, 4.69) is 31.3 Å². The molecule has 0 amide bonds. The van der Waals surface area contributed by atoms with E-state index in [1.807, 2.05) is 12.1 Å². The summed E-state index contributed by atoms with van der Waals surface area (Å²) in [4.78, 5) is 11.3. The number of benzene rings is 1. The third-order valence-electron chi connectivity index (χ3n) is 3.54. The Kier molecular flexibility index (Phi) is 4.02. The Morgan fingerprint density at radius 3 is 2.83 bits per heavy atom. The molecule has 0 saturated carbocycles. The number of aryl methyl sites for hydroxylation is 1. The topological polar surface area (TPSA) is 49.3 Å². The summed E-state index contributed by atoms with van der Waals surface area (Å²) in [5.74, 6) is -0.358. The summed E-state index contributed by atoms with van der Waals surface area (Å²) in [5.41, 5.74) is 2.62. The summed E-state index contributed by atoms with van der Waals surface area (Å²) in [6, 6.07) is 8.06. The number of carboxylic acid groups (broad SMARTS) is 1. The highest BCUT2D eigenvalue weighted by Gasteiger charge is 2.27. The van der Waals surface area contributed by atoms with Gasteiger partial charge in [-0.15, -0.1) is 0 Å². The van der Waals surface area contributed by atoms with E-state index in [-0.39, 0.29) is 6.04 Å². The Bertz CT molecular complexity index is 428. The zero-order valence-electron chi connectivity index (χ0n) is 11.0. The summed E-state index contributed by atoms with van der Waals surface area (Å²) >= 11 is 0. The van der Waals surface area contributed by atoms with Crippen LogP contribution in [0.15, 0.2) is 24.3 Å². The maximum atomic E-state index is 11.3. The first-order valence-electron chi connectivity index (χ1n) is 6.64. The van der Waals surface area contributed by atoms with Crippen LogP contribution < -0.4 is 5.32 Å². The Hall–Kier alpha value is -1.35. The van der Waals surface area contributed by atoms with Crippen molar-refractivity contribution in [1.82, 2.24) is 5.32 Å². The summed E-state index contributed by atoms with van der Waals surface area (Å²) in [6.07, 6.45) is 2.72. The summed E-state index contributed by atoms with van der Waals surface area (Å²) in [5, 5.41) is 12.6. The van der Waals surface area contributed by atoms with Crippen LogP contribution in [-0.4, -0.2) is 17.1 Å². The minimum Gasteiger partial charge on any atom is -0.480 e. The monoisotopic (exact) mass is 247 g/mol. The average molecular weight is 247 g/mol. The van der Waals surface area contributed by atoms with Crippen LogP contribution in [0.2, 0.25) is 0 Å². The molecule has 0 heterocycles. The molecule has 2 atom stereocenters. The van der Waals surface area contributed by atoms with Gasteiger partial charge in [0.15, 0.2) is 0 Å². The van der Waals surface area contributed by atoms with Gasteiger partial charge >= 0.3 is 5.97 Å². The molecule has 98 valence electrons. The minimum atomic E-state index is -0.743. The molecule has 2 unspecified atom stereocenters. The first kappa shape index (κ1) is 13.1. The molecule has 1 aliphatic carbocycles. The molecule has 0 spiro atoms. The zero-order chi connectivity index (χ0) is 13.1. The summed E-state index contributed by atoms with van der Waals surface area (Å²) in [7, 11) is 0. The summed E-state index contributed by atoms with van der Waals surface area (Å²) < 4.78 is 0. The second-order valence-electron chi connectivity index (χ2n) is 5.48. The van der Waals surface area contributed by atoms with Crippen molar-refractivity contribution in [2.24, 2.45) is 5.92 Å². The molecule has 1 aromatic rings. The SMILES string of the molecule is CC(C)CC(NC1CCc2ccccc21)C(=O)O. The van der Waals surface area contributed by atoms with Gasteiger partial charge in [0.05, 0.1) is 0 Å². The van der Waals surface area contributed by atoms with Gasteiger partial charge in [-0.2, -0.15) is 0 Å². The lowest BCUT2D eigenvalue weighted by molar-refractivity contribution is -0.140. The molecule has 3 heteroatoms. The van der Waals surface area contributed by atoms with Crippen molar-refractivity contribution in [2.45, 2.75) is 45.2 Å². The number of rotatable bonds is 5. The molecule has 18 heavy (non-hydrogen) atoms. The van der Waals surface area contributed by atoms with E-state index in [1.54, 1.807) is 0 Å². The molecule has 0 bridgehead atoms. The molecular formula is C15H21NO2. The van der Waals surface area contributed by atoms with Gasteiger partial charge in [-0.1, -0.05) is 38.1 Å². The maximum Gasteiger partial charge on any atom is 0.320 e. The van der Waals surface area contributed by atoms with E-state index >= 15 is 0 Å². The first-order chi connectivity index (χ1) is 8.58. The Morgan fingerprint density at radius 2 is 2.17 bits per heavy atom. The molecular weight excluding hydrogens is 226 g/mol. The van der Waals surface area contributed by atoms with Crippen molar-refractivity contribution in [1.29, 1.82) is 0 Å². The standard InChI is InChI=1S/C15H21NO2/c1-10(2)9-14(15(17)18)16-13-8-7-11-5-3-4-6-12(11)13/h3-6,10,13-14,16H,7-9H2,1-2H3,(H,17,18). The Morgan fingerprint density at radius 1 is 1.44 bits per heavy atom. The molecule has 0 saturated heterocycles. The lowest BCUT2D eigenvalue weighted by atomic mass is 10.0. The van der Waals surface area contributed by atoms with Crippen LogP contribution >= 0.6 is 0 Å². The molecule has 2 N–H and O–H groups in total. The van der Waals surface area contributed by atoms with Crippen molar-refractivity contribution in [2.75, 3.05) is 0 Å². The number of fused-ring (bicyclic) bond motifs is 1. The van der Waals surface area contributed by atoms with Crippen molar-refractivity contribution >= 4 is 5.97 Å². The second kappa shape index (κ2) is 5.53. The highest BCUT2D eigenvalue weighted by molar-refractivity contribution is 5.73. The van der Waals surface area contributed by atoms with Crippen molar-refractivity contribution in [3.63, 3.8) is 0 Å². The molecule has 0 aromatic heterocycles. The van der Waals surface area contributed by atoms with Crippen molar-refractivity contribution in [3.05, 3.63) is 35.4 Å². The van der Waals surface area contributed by atoms with Crippen LogP contribution in [0.3, 0.4) is 0 Å². The van der Waals surface area contributed by atoms with Crippen LogP contribution in [-0.2, 0) is 11.2 Å². The highest BCUT2D eigenvalue weighted by Crippen LogP contribution is 2.31. The molecule has 1 aromatic carbocycles. The fourth-order valence-corrected chi connectivity index (χ4v) is 2.68. The largest absolute Gasteiger partial charge is 0.480 e. The molecule has 0 radical (unpaired) electrons. The minimum absolute atomic E-state index is 0.195. The number of hydrogen-bond donors (Lipinski definition) is 2. The predicted molar refractivity (Wildman–Crippen MR) is 71.5 cm³/mol. The fourth-order valence-electron chi connectivity index (χ4n) is 2.68. The normalized spacial score (nSPS) is 19.8. The number of carbonyl (C=O) groups is 1. The van der Waals surface area contributed by atoms with E-state index < -0.39 is 12.0 Å². The van der Waals surface area contributed by atoms with E-state index in [0.29, 0.717) is 12.3 Å². The van der Waals surface area contributed by atoms with Gasteiger partial charge in [-0.05, 0) is 36.3 Å². The van der Waals surface area contributed by atoms with Crippen LogP contribution in [0.1, 0.15) is 43.9 Å². The number of aliphatic carboxylic acids is 1. The van der Waals surface area contributed by atoms with Crippen LogP contribution in [0.5, 0.6) is 0 Å². The van der Waals surface area contributed by atoms with E-state index in [0.717, 1.165) is 12.8 Å². The van der Waals surface area contributed by atoms with Crippen molar-refractivity contribution in [3.8, 4) is 0 Å². The highest BCUT2D eigenvalue weighted by atomic mass is 16.4. The summed E-state index contributed by atoms with van der Waals surface area (Å²) in [6.45, 7) is 4.11. The van der Waals surface area contributed by atoms with Crippen molar-refractivity contribution < 1.29 is 9.90 Å². The van der Waals surface area contributed by atoms with Gasteiger partial charge < -0.3 is 5.11 Å². The number of carboxylic acids is 1. The van der Waals surface area contributed by atoms with Crippen LogP contribution in [0.25, 0.3) is 0 Å². The lowest BCUT2D eigenvalue weighted by Gasteiger charge is -2.21.